The molecule has 0 bridgehead atoms. The van der Waals surface area contributed by atoms with Gasteiger partial charge in [0, 0.05) is 40.8 Å². The number of nitrogens with one attached hydrogen (secondary N) is 2. The van der Waals surface area contributed by atoms with Crippen molar-refractivity contribution in [3.63, 3.8) is 0 Å². The van der Waals surface area contributed by atoms with Crippen LogP contribution in [0.4, 0.5) is 11.4 Å². The highest BCUT2D eigenvalue weighted by molar-refractivity contribution is 6.30. The minimum atomic E-state index is -0.234. The van der Waals surface area contributed by atoms with Crippen LogP contribution in [0, 0.1) is 0 Å². The van der Waals surface area contributed by atoms with Crippen LogP contribution in [0.5, 0.6) is 0 Å². The number of nitrogens with zero attached hydrogens (tertiary/aromatic N) is 1. The average Bonchev–Trinajstić information content (AvgIpc) is 2.67. The molecule has 0 unspecified atom stereocenters. The number of carbonyl (C=O) groups excluding carboxylic acids is 2. The summed E-state index contributed by atoms with van der Waals surface area (Å²) in [5.74, 6) is -0.339. The zero-order valence-corrected chi connectivity index (χ0v) is 15.2. The second-order valence-electron chi connectivity index (χ2n) is 5.95. The molecule has 0 saturated heterocycles. The Hall–Kier alpha value is -3.18. The topological polar surface area (TPSA) is 71.1 Å². The molecule has 0 fully saturated rings. The Labute approximate surface area is 162 Å². The molecular formula is C21H18ClN3O2. The van der Waals surface area contributed by atoms with Gasteiger partial charge in [0.1, 0.15) is 0 Å². The molecule has 0 spiro atoms. The number of pyridine rings is 1. The molecule has 2 N–H and O–H groups in total. The van der Waals surface area contributed by atoms with Crippen LogP contribution in [0.15, 0.2) is 73.1 Å². The van der Waals surface area contributed by atoms with Crippen molar-refractivity contribution in [2.24, 2.45) is 0 Å². The second-order valence-corrected chi connectivity index (χ2v) is 6.39. The van der Waals surface area contributed by atoms with Gasteiger partial charge in [-0.2, -0.15) is 0 Å². The number of halogens is 1. The first-order valence-corrected chi connectivity index (χ1v) is 8.84. The van der Waals surface area contributed by atoms with Crippen LogP contribution < -0.4 is 10.6 Å². The molecule has 0 aliphatic carbocycles. The number of hydrogen-bond donors (Lipinski definition) is 2. The molecule has 0 aliphatic rings. The Kier molecular flexibility index (Phi) is 6.18. The number of aryl methyl sites for hydroxylation is 1. The van der Waals surface area contributed by atoms with E-state index in [0.29, 0.717) is 34.8 Å². The number of carbonyl (C=O) groups is 2. The molecular weight excluding hydrogens is 362 g/mol. The van der Waals surface area contributed by atoms with Gasteiger partial charge in [-0.3, -0.25) is 14.6 Å². The zero-order chi connectivity index (χ0) is 19.1. The van der Waals surface area contributed by atoms with E-state index in [4.69, 9.17) is 11.6 Å². The third kappa shape index (κ3) is 5.66. The van der Waals surface area contributed by atoms with E-state index in [2.05, 4.69) is 15.6 Å². The Morgan fingerprint density at radius 1 is 0.889 bits per heavy atom. The van der Waals surface area contributed by atoms with E-state index < -0.39 is 0 Å². The predicted molar refractivity (Wildman–Crippen MR) is 107 cm³/mol. The van der Waals surface area contributed by atoms with Crippen LogP contribution in [-0.4, -0.2) is 16.8 Å². The summed E-state index contributed by atoms with van der Waals surface area (Å²) in [4.78, 5) is 28.3. The first kappa shape index (κ1) is 18.6. The Balaban J connectivity index is 1.57. The molecule has 1 aromatic heterocycles. The lowest BCUT2D eigenvalue weighted by Crippen LogP contribution is -2.14. The number of amides is 2. The second kappa shape index (κ2) is 8.96. The highest BCUT2D eigenvalue weighted by Crippen LogP contribution is 2.17. The smallest absolute Gasteiger partial charge is 0.255 e. The summed E-state index contributed by atoms with van der Waals surface area (Å²) in [7, 11) is 0. The van der Waals surface area contributed by atoms with Gasteiger partial charge < -0.3 is 10.6 Å². The fraction of sp³-hybridized carbons (Fsp3) is 0.0952. The zero-order valence-electron chi connectivity index (χ0n) is 14.5. The van der Waals surface area contributed by atoms with E-state index in [1.807, 2.05) is 18.2 Å². The van der Waals surface area contributed by atoms with Crippen LogP contribution >= 0.6 is 11.6 Å². The maximum Gasteiger partial charge on any atom is 0.255 e. The Morgan fingerprint density at radius 2 is 1.59 bits per heavy atom. The van der Waals surface area contributed by atoms with Crippen molar-refractivity contribution in [1.29, 1.82) is 0 Å². The predicted octanol–water partition coefficient (Wildman–Crippen LogP) is 4.56. The van der Waals surface area contributed by atoms with E-state index in [-0.39, 0.29) is 11.8 Å². The summed E-state index contributed by atoms with van der Waals surface area (Å²) in [5.41, 5.74) is 2.75. The highest BCUT2D eigenvalue weighted by Gasteiger charge is 2.07. The summed E-state index contributed by atoms with van der Waals surface area (Å²) in [6, 6.07) is 17.8. The van der Waals surface area contributed by atoms with Gasteiger partial charge in [0.15, 0.2) is 0 Å². The first-order valence-electron chi connectivity index (χ1n) is 8.46. The average molecular weight is 380 g/mol. The van der Waals surface area contributed by atoms with Gasteiger partial charge in [-0.15, -0.1) is 0 Å². The van der Waals surface area contributed by atoms with Crippen molar-refractivity contribution in [2.45, 2.75) is 12.8 Å². The summed E-state index contributed by atoms with van der Waals surface area (Å²) in [6.07, 6.45) is 4.07. The molecule has 0 radical (unpaired) electrons. The van der Waals surface area contributed by atoms with E-state index in [1.165, 1.54) is 0 Å². The molecule has 0 atom stereocenters. The fourth-order valence-electron chi connectivity index (χ4n) is 2.56. The summed E-state index contributed by atoms with van der Waals surface area (Å²) in [6.45, 7) is 0. The van der Waals surface area contributed by atoms with Crippen molar-refractivity contribution in [3.05, 3.63) is 89.2 Å². The number of benzene rings is 2. The molecule has 3 aromatic rings. The number of anilines is 2. The molecule has 0 aliphatic heterocycles. The number of hydrogen-bond acceptors (Lipinski definition) is 3. The number of aromatic nitrogens is 1. The third-order valence-electron chi connectivity index (χ3n) is 3.88. The lowest BCUT2D eigenvalue weighted by molar-refractivity contribution is -0.116. The van der Waals surface area contributed by atoms with Crippen molar-refractivity contribution >= 4 is 34.8 Å². The largest absolute Gasteiger partial charge is 0.326 e. The van der Waals surface area contributed by atoms with Gasteiger partial charge in [0.2, 0.25) is 5.91 Å². The first-order chi connectivity index (χ1) is 13.1. The van der Waals surface area contributed by atoms with Crippen LogP contribution in [0.3, 0.4) is 0 Å². The van der Waals surface area contributed by atoms with Gasteiger partial charge in [-0.25, -0.2) is 0 Å². The van der Waals surface area contributed by atoms with Crippen LogP contribution in [-0.2, 0) is 11.2 Å². The maximum atomic E-state index is 12.2. The summed E-state index contributed by atoms with van der Waals surface area (Å²) in [5, 5.41) is 6.31. The molecule has 2 aromatic carbocycles. The third-order valence-corrected chi connectivity index (χ3v) is 4.11. The van der Waals surface area contributed by atoms with E-state index in [0.717, 1.165) is 5.56 Å². The van der Waals surface area contributed by atoms with Gasteiger partial charge in [0.25, 0.3) is 5.91 Å². The minimum absolute atomic E-state index is 0.104. The molecule has 5 nitrogen and oxygen atoms in total. The van der Waals surface area contributed by atoms with Crippen molar-refractivity contribution in [3.8, 4) is 0 Å². The van der Waals surface area contributed by atoms with Crippen molar-refractivity contribution in [2.75, 3.05) is 10.6 Å². The summed E-state index contributed by atoms with van der Waals surface area (Å²) >= 11 is 5.95. The van der Waals surface area contributed by atoms with Crippen molar-refractivity contribution < 1.29 is 9.59 Å². The molecule has 2 amide bonds. The molecule has 0 saturated carbocycles. The van der Waals surface area contributed by atoms with Gasteiger partial charge in [0.05, 0.1) is 0 Å². The quantitative estimate of drug-likeness (QED) is 0.659. The van der Waals surface area contributed by atoms with Crippen molar-refractivity contribution in [1.82, 2.24) is 4.98 Å². The van der Waals surface area contributed by atoms with Gasteiger partial charge in [-0.1, -0.05) is 29.8 Å². The molecule has 3 rings (SSSR count). The van der Waals surface area contributed by atoms with E-state index in [1.54, 1.807) is 54.9 Å². The molecule has 27 heavy (non-hydrogen) atoms. The van der Waals surface area contributed by atoms with Gasteiger partial charge in [-0.05, 0) is 54.4 Å². The SMILES string of the molecule is O=C(CCc1cccc(Cl)c1)Nc1cccc(NC(=O)c2ccncc2)c1. The Bertz CT molecular complexity index is 945. The Morgan fingerprint density at radius 3 is 2.33 bits per heavy atom. The van der Waals surface area contributed by atoms with Gasteiger partial charge >= 0.3 is 0 Å². The van der Waals surface area contributed by atoms with Crippen LogP contribution in [0.1, 0.15) is 22.3 Å². The van der Waals surface area contributed by atoms with E-state index in [9.17, 15) is 9.59 Å². The van der Waals surface area contributed by atoms with E-state index >= 15 is 0 Å². The molecule has 1 heterocycles. The molecule has 136 valence electrons. The number of rotatable bonds is 6. The van der Waals surface area contributed by atoms with Crippen LogP contribution in [0.2, 0.25) is 5.02 Å². The molecule has 6 heteroatoms. The standard InChI is InChI=1S/C21H18ClN3O2/c22-17-4-1-3-15(13-17)7-8-20(26)24-18-5-2-6-19(14-18)25-21(27)16-9-11-23-12-10-16/h1-6,9-14H,7-8H2,(H,24,26)(H,25,27). The lowest BCUT2D eigenvalue weighted by Gasteiger charge is -2.09. The van der Waals surface area contributed by atoms with Crippen LogP contribution in [0.25, 0.3) is 0 Å². The normalized spacial score (nSPS) is 10.3. The minimum Gasteiger partial charge on any atom is -0.326 e. The highest BCUT2D eigenvalue weighted by atomic mass is 35.5. The fourth-order valence-corrected chi connectivity index (χ4v) is 2.77. The summed E-state index contributed by atoms with van der Waals surface area (Å²) < 4.78 is 0. The lowest BCUT2D eigenvalue weighted by atomic mass is 10.1. The maximum absolute atomic E-state index is 12.2. The monoisotopic (exact) mass is 379 g/mol.